The fourth-order valence-corrected chi connectivity index (χ4v) is 2.62. The Morgan fingerprint density at radius 2 is 1.93 bits per heavy atom. The van der Waals surface area contributed by atoms with Crippen molar-refractivity contribution in [2.24, 2.45) is 0 Å². The Morgan fingerprint density at radius 3 is 2.50 bits per heavy atom. The summed E-state index contributed by atoms with van der Waals surface area (Å²) in [6.07, 6.45) is -3.32. The SMILES string of the molecule is CC[C@@H](C(=O)OC)n1cnc2c(nnn2-c2ccc(OC(F)(F)F)cc2)c1=O. The Bertz CT molecular complexity index is 1060. The number of halogens is 3. The molecule has 28 heavy (non-hydrogen) atoms. The minimum absolute atomic E-state index is 0.0884. The van der Waals surface area contributed by atoms with Gasteiger partial charge in [0.1, 0.15) is 18.1 Å². The molecule has 2 heterocycles. The van der Waals surface area contributed by atoms with Gasteiger partial charge in [-0.3, -0.25) is 9.36 Å². The second kappa shape index (κ2) is 7.29. The van der Waals surface area contributed by atoms with Crippen molar-refractivity contribution in [2.75, 3.05) is 7.11 Å². The molecule has 0 spiro atoms. The number of esters is 1. The predicted octanol–water partition coefficient (Wildman–Crippen LogP) is 2.00. The van der Waals surface area contributed by atoms with Gasteiger partial charge in [0.25, 0.3) is 5.56 Å². The van der Waals surface area contributed by atoms with Crippen LogP contribution in [0.15, 0.2) is 35.4 Å². The van der Waals surface area contributed by atoms with Crippen LogP contribution in [-0.2, 0) is 9.53 Å². The highest BCUT2D eigenvalue weighted by Gasteiger charge is 2.31. The first-order valence-corrected chi connectivity index (χ1v) is 8.01. The zero-order valence-corrected chi connectivity index (χ0v) is 14.7. The van der Waals surface area contributed by atoms with Gasteiger partial charge in [0.2, 0.25) is 0 Å². The number of aromatic nitrogens is 5. The third-order valence-electron chi connectivity index (χ3n) is 3.90. The van der Waals surface area contributed by atoms with Crippen molar-refractivity contribution in [3.8, 4) is 11.4 Å². The van der Waals surface area contributed by atoms with Crippen LogP contribution in [0.3, 0.4) is 0 Å². The van der Waals surface area contributed by atoms with Gasteiger partial charge in [-0.1, -0.05) is 12.1 Å². The minimum Gasteiger partial charge on any atom is -0.467 e. The quantitative estimate of drug-likeness (QED) is 0.607. The lowest BCUT2D eigenvalue weighted by molar-refractivity contribution is -0.274. The highest BCUT2D eigenvalue weighted by molar-refractivity contribution is 5.75. The Morgan fingerprint density at radius 1 is 1.25 bits per heavy atom. The molecule has 0 aliphatic rings. The Labute approximate surface area is 155 Å². The molecule has 1 aromatic carbocycles. The van der Waals surface area contributed by atoms with Gasteiger partial charge in [0.05, 0.1) is 12.8 Å². The summed E-state index contributed by atoms with van der Waals surface area (Å²) in [7, 11) is 1.21. The number of alkyl halides is 3. The molecule has 0 radical (unpaired) electrons. The number of hydrogen-bond acceptors (Lipinski definition) is 7. The van der Waals surface area contributed by atoms with Crippen LogP contribution in [0.25, 0.3) is 16.9 Å². The van der Waals surface area contributed by atoms with Gasteiger partial charge in [-0.05, 0) is 30.7 Å². The van der Waals surface area contributed by atoms with Crippen LogP contribution in [0.4, 0.5) is 13.2 Å². The zero-order chi connectivity index (χ0) is 20.5. The fraction of sp³-hybridized carbons (Fsp3) is 0.312. The number of ether oxygens (including phenoxy) is 2. The van der Waals surface area contributed by atoms with E-state index in [4.69, 9.17) is 0 Å². The largest absolute Gasteiger partial charge is 0.573 e. The molecule has 12 heteroatoms. The number of nitrogens with zero attached hydrogens (tertiary/aromatic N) is 5. The maximum absolute atomic E-state index is 12.7. The van der Waals surface area contributed by atoms with Crippen molar-refractivity contribution < 1.29 is 27.4 Å². The summed E-state index contributed by atoms with van der Waals surface area (Å²) in [5.41, 5.74) is -0.280. The van der Waals surface area contributed by atoms with Crippen molar-refractivity contribution >= 4 is 17.1 Å². The summed E-state index contributed by atoms with van der Waals surface area (Å²) in [6, 6.07) is 3.96. The van der Waals surface area contributed by atoms with Crippen molar-refractivity contribution in [3.05, 3.63) is 40.9 Å². The molecule has 0 bridgehead atoms. The Hall–Kier alpha value is -3.44. The lowest BCUT2D eigenvalue weighted by Crippen LogP contribution is -2.30. The third kappa shape index (κ3) is 3.66. The molecule has 0 saturated heterocycles. The number of carbonyl (C=O) groups is 1. The molecule has 1 atom stereocenters. The van der Waals surface area contributed by atoms with Crippen molar-refractivity contribution in [3.63, 3.8) is 0 Å². The molecule has 3 rings (SSSR count). The molecule has 0 fully saturated rings. The van der Waals surface area contributed by atoms with Gasteiger partial charge >= 0.3 is 12.3 Å². The topological polar surface area (TPSA) is 101 Å². The van der Waals surface area contributed by atoms with Crippen LogP contribution in [0, 0.1) is 0 Å². The van der Waals surface area contributed by atoms with Crippen LogP contribution < -0.4 is 10.3 Å². The molecule has 0 amide bonds. The van der Waals surface area contributed by atoms with Gasteiger partial charge < -0.3 is 9.47 Å². The summed E-state index contributed by atoms with van der Waals surface area (Å²) >= 11 is 0. The smallest absolute Gasteiger partial charge is 0.467 e. The van der Waals surface area contributed by atoms with E-state index in [0.29, 0.717) is 12.1 Å². The van der Waals surface area contributed by atoms with E-state index in [2.05, 4.69) is 24.8 Å². The fourth-order valence-electron chi connectivity index (χ4n) is 2.62. The molecule has 2 aromatic heterocycles. The highest BCUT2D eigenvalue weighted by atomic mass is 19.4. The number of fused-ring (bicyclic) bond motifs is 1. The lowest BCUT2D eigenvalue weighted by atomic mass is 10.2. The monoisotopic (exact) mass is 397 g/mol. The van der Waals surface area contributed by atoms with E-state index in [1.807, 2.05) is 0 Å². The molecule has 3 aromatic rings. The summed E-state index contributed by atoms with van der Waals surface area (Å²) in [5.74, 6) is -1.00. The second-order valence-electron chi connectivity index (χ2n) is 5.62. The summed E-state index contributed by atoms with van der Waals surface area (Å²) < 4.78 is 47.6. The van der Waals surface area contributed by atoms with Gasteiger partial charge in [0, 0.05) is 0 Å². The van der Waals surface area contributed by atoms with Crippen LogP contribution >= 0.6 is 0 Å². The van der Waals surface area contributed by atoms with E-state index in [1.165, 1.54) is 30.3 Å². The molecule has 0 saturated carbocycles. The third-order valence-corrected chi connectivity index (χ3v) is 3.90. The number of methoxy groups -OCH3 is 1. The number of benzene rings is 1. The molecule has 0 aliphatic carbocycles. The molecule has 0 unspecified atom stereocenters. The van der Waals surface area contributed by atoms with E-state index in [-0.39, 0.29) is 11.2 Å². The maximum atomic E-state index is 12.7. The van der Waals surface area contributed by atoms with E-state index in [9.17, 15) is 22.8 Å². The van der Waals surface area contributed by atoms with Crippen LogP contribution in [-0.4, -0.2) is 44.0 Å². The zero-order valence-electron chi connectivity index (χ0n) is 14.7. The van der Waals surface area contributed by atoms with E-state index < -0.39 is 29.7 Å². The molecule has 0 N–H and O–H groups in total. The first-order chi connectivity index (χ1) is 13.2. The normalized spacial score (nSPS) is 12.8. The Kier molecular flexibility index (Phi) is 5.03. The van der Waals surface area contributed by atoms with E-state index >= 15 is 0 Å². The number of hydrogen-bond donors (Lipinski definition) is 0. The first kappa shape index (κ1) is 19.3. The standard InChI is InChI=1S/C16H14F3N5O4/c1-3-11(15(26)27-2)23-8-20-13-12(14(23)25)21-22-24(13)9-4-6-10(7-5-9)28-16(17,18)19/h4-8,11H,3H2,1-2H3/t11-/m0/s1. The van der Waals surface area contributed by atoms with E-state index in [1.54, 1.807) is 6.92 Å². The average Bonchev–Trinajstić information content (AvgIpc) is 3.08. The summed E-state index contributed by atoms with van der Waals surface area (Å²) in [4.78, 5) is 28.6. The van der Waals surface area contributed by atoms with Gasteiger partial charge in [0.15, 0.2) is 11.2 Å². The van der Waals surface area contributed by atoms with Gasteiger partial charge in [-0.25, -0.2) is 9.78 Å². The molecule has 148 valence electrons. The van der Waals surface area contributed by atoms with Crippen molar-refractivity contribution in [2.45, 2.75) is 25.7 Å². The number of carbonyl (C=O) groups excluding carboxylic acids is 1. The minimum atomic E-state index is -4.80. The second-order valence-corrected chi connectivity index (χ2v) is 5.62. The van der Waals surface area contributed by atoms with Gasteiger partial charge in [-0.15, -0.1) is 18.3 Å². The summed E-state index contributed by atoms with van der Waals surface area (Å²) in [5, 5.41) is 7.63. The van der Waals surface area contributed by atoms with Crippen molar-refractivity contribution in [1.29, 1.82) is 0 Å². The van der Waals surface area contributed by atoms with Crippen LogP contribution in [0.2, 0.25) is 0 Å². The Balaban J connectivity index is 2.00. The average molecular weight is 397 g/mol. The number of rotatable bonds is 5. The van der Waals surface area contributed by atoms with Crippen LogP contribution in [0.5, 0.6) is 5.75 Å². The van der Waals surface area contributed by atoms with Gasteiger partial charge in [-0.2, -0.15) is 4.68 Å². The lowest BCUT2D eigenvalue weighted by Gasteiger charge is -2.14. The molecular formula is C16H14F3N5O4. The maximum Gasteiger partial charge on any atom is 0.573 e. The highest BCUT2D eigenvalue weighted by Crippen LogP contribution is 2.24. The first-order valence-electron chi connectivity index (χ1n) is 8.01. The van der Waals surface area contributed by atoms with E-state index in [0.717, 1.165) is 16.7 Å². The van der Waals surface area contributed by atoms with Crippen molar-refractivity contribution in [1.82, 2.24) is 24.5 Å². The molecular weight excluding hydrogens is 383 g/mol. The molecule has 0 aliphatic heterocycles. The summed E-state index contributed by atoms with van der Waals surface area (Å²) in [6.45, 7) is 1.71. The predicted molar refractivity (Wildman–Crippen MR) is 88.9 cm³/mol. The van der Waals surface area contributed by atoms with Crippen LogP contribution in [0.1, 0.15) is 19.4 Å². The molecule has 9 nitrogen and oxygen atoms in total.